The van der Waals surface area contributed by atoms with Crippen LogP contribution in [0.1, 0.15) is 10.6 Å². The van der Waals surface area contributed by atoms with Crippen LogP contribution in [0.3, 0.4) is 0 Å². The number of rotatable bonds is 3. The largest absolute Gasteiger partial charge is 0.294 e. The molecule has 0 aromatic carbocycles. The number of aromatic nitrogens is 5. The lowest BCUT2D eigenvalue weighted by Gasteiger charge is -1.94. The highest BCUT2D eigenvalue weighted by Crippen LogP contribution is 2.17. The molecule has 2 aromatic heterocycles. The van der Waals surface area contributed by atoms with Crippen molar-refractivity contribution in [3.05, 3.63) is 12.2 Å². The molecule has 0 aliphatic heterocycles. The maximum atomic E-state index is 11.5. The Morgan fingerprint density at radius 3 is 3.13 bits per heavy atom. The molecule has 0 bridgehead atoms. The average Bonchev–Trinajstić information content (AvgIpc) is 2.87. The summed E-state index contributed by atoms with van der Waals surface area (Å²) in [4.78, 5) is 19.2. The second-order valence-electron chi connectivity index (χ2n) is 2.37. The highest BCUT2D eigenvalue weighted by atomic mass is 32.2. The highest BCUT2D eigenvalue weighted by Gasteiger charge is 2.11. The molecule has 0 fully saturated rings. The first-order valence-electron chi connectivity index (χ1n) is 3.84. The summed E-state index contributed by atoms with van der Waals surface area (Å²) in [6.07, 6.45) is 3.13. The minimum atomic E-state index is -0.378. The van der Waals surface area contributed by atoms with Gasteiger partial charge in [0, 0.05) is 11.5 Å². The lowest BCUT2D eigenvalue weighted by molar-refractivity contribution is 0.101. The number of aromatic amines is 1. The van der Waals surface area contributed by atoms with E-state index < -0.39 is 0 Å². The number of nitrogens with one attached hydrogen (secondary N) is 2. The smallest absolute Gasteiger partial charge is 0.294 e. The minimum absolute atomic E-state index is 0.149. The zero-order chi connectivity index (χ0) is 10.7. The quantitative estimate of drug-likeness (QED) is 0.766. The Hall–Kier alpha value is -1.48. The predicted octanol–water partition coefficient (Wildman–Crippen LogP) is 0.630. The van der Waals surface area contributed by atoms with Gasteiger partial charge in [0.25, 0.3) is 5.91 Å². The normalized spacial score (nSPS) is 10.2. The van der Waals surface area contributed by atoms with Crippen molar-refractivity contribution in [2.75, 3.05) is 11.6 Å². The molecule has 0 saturated heterocycles. The second kappa shape index (κ2) is 4.36. The maximum Gasteiger partial charge on any atom is 0.294 e. The summed E-state index contributed by atoms with van der Waals surface area (Å²) in [5.74, 6) is -0.229. The van der Waals surface area contributed by atoms with Gasteiger partial charge in [0.05, 0.1) is 0 Å². The summed E-state index contributed by atoms with van der Waals surface area (Å²) in [6, 6.07) is 0. The molecule has 9 heteroatoms. The van der Waals surface area contributed by atoms with Crippen molar-refractivity contribution in [1.82, 2.24) is 24.5 Å². The van der Waals surface area contributed by atoms with Gasteiger partial charge in [-0.05, 0) is 6.26 Å². The number of anilines is 1. The molecule has 15 heavy (non-hydrogen) atoms. The summed E-state index contributed by atoms with van der Waals surface area (Å²) < 4.78 is 4.00. The molecule has 0 atom stereocenters. The van der Waals surface area contributed by atoms with Crippen LogP contribution in [0.15, 0.2) is 11.5 Å². The molecule has 7 nitrogen and oxygen atoms in total. The second-order valence-corrected chi connectivity index (χ2v) is 3.90. The van der Waals surface area contributed by atoms with Crippen LogP contribution in [0.5, 0.6) is 0 Å². The van der Waals surface area contributed by atoms with Gasteiger partial charge in [0.1, 0.15) is 6.33 Å². The van der Waals surface area contributed by atoms with Crippen LogP contribution >= 0.6 is 23.3 Å². The summed E-state index contributed by atoms with van der Waals surface area (Å²) >= 11 is 2.54. The van der Waals surface area contributed by atoms with E-state index in [0.29, 0.717) is 10.3 Å². The molecule has 2 N–H and O–H groups in total. The van der Waals surface area contributed by atoms with Gasteiger partial charge in [0.2, 0.25) is 16.1 Å². The van der Waals surface area contributed by atoms with Gasteiger partial charge >= 0.3 is 0 Å². The van der Waals surface area contributed by atoms with E-state index in [1.54, 1.807) is 0 Å². The molecule has 0 aliphatic carbocycles. The summed E-state index contributed by atoms with van der Waals surface area (Å²) in [6.45, 7) is 0. The monoisotopic (exact) mass is 242 g/mol. The molecule has 0 spiro atoms. The van der Waals surface area contributed by atoms with Crippen LogP contribution in [-0.2, 0) is 0 Å². The molecule has 2 heterocycles. The Balaban J connectivity index is 2.06. The van der Waals surface area contributed by atoms with E-state index in [1.165, 1.54) is 18.1 Å². The van der Waals surface area contributed by atoms with Crippen molar-refractivity contribution in [2.45, 2.75) is 5.16 Å². The van der Waals surface area contributed by atoms with Crippen molar-refractivity contribution >= 4 is 34.3 Å². The van der Waals surface area contributed by atoms with E-state index in [4.69, 9.17) is 0 Å². The van der Waals surface area contributed by atoms with E-state index >= 15 is 0 Å². The number of carbonyl (C=O) groups is 1. The Labute approximate surface area is 92.9 Å². The molecule has 78 valence electrons. The number of H-pyrrole nitrogens is 1. The summed E-state index contributed by atoms with van der Waals surface area (Å²) in [5, 5.41) is 9.66. The molecule has 2 rings (SSSR count). The zero-order valence-electron chi connectivity index (χ0n) is 7.59. The zero-order valence-corrected chi connectivity index (χ0v) is 9.22. The SMILES string of the molecule is CSc1nsc(NC(=O)c2ncn[nH]2)n1. The van der Waals surface area contributed by atoms with Crippen molar-refractivity contribution in [3.8, 4) is 0 Å². The fraction of sp³-hybridized carbons (Fsp3) is 0.167. The number of carbonyl (C=O) groups excluding carboxylic acids is 1. The Bertz CT molecular complexity index is 452. The minimum Gasteiger partial charge on any atom is -0.294 e. The Morgan fingerprint density at radius 1 is 1.67 bits per heavy atom. The highest BCUT2D eigenvalue weighted by molar-refractivity contribution is 7.98. The number of hydrogen-bond acceptors (Lipinski definition) is 7. The Kier molecular flexibility index (Phi) is 2.92. The number of amides is 1. The van der Waals surface area contributed by atoms with Gasteiger partial charge < -0.3 is 0 Å². The standard InChI is InChI=1S/C6H6N6OS2/c1-14-6-10-5(15-12-6)9-4(13)3-7-2-8-11-3/h2H,1H3,(H,7,8,11)(H,9,10,12,13). The molecule has 1 amide bonds. The fourth-order valence-electron chi connectivity index (χ4n) is 0.815. The molecule has 0 aliphatic rings. The van der Waals surface area contributed by atoms with E-state index in [1.807, 2.05) is 6.26 Å². The van der Waals surface area contributed by atoms with Crippen LogP contribution < -0.4 is 5.32 Å². The molecule has 0 unspecified atom stereocenters. The first-order valence-corrected chi connectivity index (χ1v) is 5.84. The number of hydrogen-bond donors (Lipinski definition) is 2. The van der Waals surface area contributed by atoms with Crippen LogP contribution in [0, 0.1) is 0 Å². The van der Waals surface area contributed by atoms with Gasteiger partial charge in [-0.3, -0.25) is 15.2 Å². The topological polar surface area (TPSA) is 96.5 Å². The third kappa shape index (κ3) is 2.30. The average molecular weight is 242 g/mol. The molecular formula is C6H6N6OS2. The van der Waals surface area contributed by atoms with Gasteiger partial charge in [-0.25, -0.2) is 4.98 Å². The van der Waals surface area contributed by atoms with Crippen molar-refractivity contribution in [1.29, 1.82) is 0 Å². The lowest BCUT2D eigenvalue weighted by Crippen LogP contribution is -2.13. The van der Waals surface area contributed by atoms with Crippen molar-refractivity contribution < 1.29 is 4.79 Å². The van der Waals surface area contributed by atoms with E-state index in [2.05, 4.69) is 29.9 Å². The van der Waals surface area contributed by atoms with E-state index in [0.717, 1.165) is 11.5 Å². The van der Waals surface area contributed by atoms with Crippen molar-refractivity contribution in [2.24, 2.45) is 0 Å². The Morgan fingerprint density at radius 2 is 2.53 bits per heavy atom. The molecule has 0 radical (unpaired) electrons. The molecule has 0 saturated carbocycles. The third-order valence-corrected chi connectivity index (χ3v) is 2.73. The first-order chi connectivity index (χ1) is 7.29. The number of thioether (sulfide) groups is 1. The fourth-order valence-corrected chi connectivity index (χ4v) is 1.94. The summed E-state index contributed by atoms with van der Waals surface area (Å²) in [5.41, 5.74) is 0. The molecule has 2 aromatic rings. The van der Waals surface area contributed by atoms with Gasteiger partial charge in [0.15, 0.2) is 0 Å². The van der Waals surface area contributed by atoms with Gasteiger partial charge in [-0.2, -0.15) is 14.5 Å². The van der Waals surface area contributed by atoms with Crippen LogP contribution in [-0.4, -0.2) is 36.7 Å². The predicted molar refractivity (Wildman–Crippen MR) is 56.0 cm³/mol. The van der Waals surface area contributed by atoms with Crippen molar-refractivity contribution in [3.63, 3.8) is 0 Å². The third-order valence-electron chi connectivity index (χ3n) is 1.44. The number of nitrogens with zero attached hydrogens (tertiary/aromatic N) is 4. The van der Waals surface area contributed by atoms with Crippen LogP contribution in [0.2, 0.25) is 0 Å². The van der Waals surface area contributed by atoms with Gasteiger partial charge in [-0.1, -0.05) is 11.8 Å². The van der Waals surface area contributed by atoms with E-state index in [9.17, 15) is 4.79 Å². The maximum absolute atomic E-state index is 11.5. The molecular weight excluding hydrogens is 236 g/mol. The summed E-state index contributed by atoms with van der Waals surface area (Å²) in [7, 11) is 0. The first kappa shape index (κ1) is 10.1. The van der Waals surface area contributed by atoms with Crippen LogP contribution in [0.4, 0.5) is 5.13 Å². The van der Waals surface area contributed by atoms with E-state index in [-0.39, 0.29) is 11.7 Å². The van der Waals surface area contributed by atoms with Gasteiger partial charge in [-0.15, -0.1) is 0 Å². The van der Waals surface area contributed by atoms with Crippen LogP contribution in [0.25, 0.3) is 0 Å². The lowest BCUT2D eigenvalue weighted by atomic mass is 10.6.